The first-order valence-corrected chi connectivity index (χ1v) is 14.3. The maximum Gasteiger partial charge on any atom is 0.0785 e. The van der Waals surface area contributed by atoms with Gasteiger partial charge in [0.1, 0.15) is 0 Å². The third-order valence-electron chi connectivity index (χ3n) is 9.78. The topological polar surface area (TPSA) is 15.0 Å². The Balaban J connectivity index is 1.39. The van der Waals surface area contributed by atoms with Crippen LogP contribution in [0.5, 0.6) is 0 Å². The van der Waals surface area contributed by atoms with E-state index < -0.39 is 0 Å². The molecular weight excluding hydrogens is 484 g/mol. The molecule has 3 aliphatic heterocycles. The molecule has 4 aliphatic rings. The van der Waals surface area contributed by atoms with E-state index in [-0.39, 0.29) is 5.54 Å². The second-order valence-electron chi connectivity index (χ2n) is 11.8. The summed E-state index contributed by atoms with van der Waals surface area (Å²) in [5.74, 6) is 0. The van der Waals surface area contributed by atoms with E-state index in [1.54, 1.807) is 0 Å². The first kappa shape index (κ1) is 21.2. The van der Waals surface area contributed by atoms with Gasteiger partial charge in [0.2, 0.25) is 0 Å². The number of benzene rings is 6. The monoisotopic (exact) mass is 510 g/mol. The minimum Gasteiger partial charge on any atom is -0.387 e. The summed E-state index contributed by atoms with van der Waals surface area (Å²) in [6.45, 7) is 3.03. The van der Waals surface area contributed by atoms with Crippen LogP contribution >= 0.6 is 0 Å². The van der Waals surface area contributed by atoms with Crippen molar-refractivity contribution in [2.75, 3.05) is 19.6 Å². The number of allylic oxidation sites excluding steroid dienone is 2. The standard InChI is InChI=1S/C38H26N2/c1-2-11-26-25(10-1)29(24-9-5-15-39-21-24)17-32-33-18-30-27-12-3-7-23-8-4-13-28(37(23)27)31(30)19-35(33)36(20-34(26)32)38-14-6-16-40(38)22-38/h1-14,17-21,39H,15-16,22H2. The molecule has 0 saturated carbocycles. The summed E-state index contributed by atoms with van der Waals surface area (Å²) in [5, 5.41) is 14.2. The summed E-state index contributed by atoms with van der Waals surface area (Å²) >= 11 is 0. The average molecular weight is 511 g/mol. The maximum atomic E-state index is 3.43. The number of nitrogens with one attached hydrogen (secondary N) is 1. The zero-order chi connectivity index (χ0) is 26.0. The Bertz CT molecular complexity index is 2230. The zero-order valence-electron chi connectivity index (χ0n) is 22.0. The summed E-state index contributed by atoms with van der Waals surface area (Å²) in [7, 11) is 0. The third-order valence-corrected chi connectivity index (χ3v) is 9.78. The molecule has 1 aliphatic carbocycles. The number of hydrogen-bond acceptors (Lipinski definition) is 2. The van der Waals surface area contributed by atoms with Gasteiger partial charge in [-0.1, -0.05) is 85.0 Å². The van der Waals surface area contributed by atoms with Crippen molar-refractivity contribution in [3.8, 4) is 22.3 Å². The Morgan fingerprint density at radius 2 is 1.35 bits per heavy atom. The molecule has 3 heterocycles. The molecule has 2 atom stereocenters. The van der Waals surface area contributed by atoms with Gasteiger partial charge in [-0.05, 0) is 106 Å². The van der Waals surface area contributed by atoms with Crippen molar-refractivity contribution in [2.24, 2.45) is 0 Å². The van der Waals surface area contributed by atoms with Gasteiger partial charge in [-0.3, -0.25) is 4.90 Å². The van der Waals surface area contributed by atoms with Crippen molar-refractivity contribution in [3.05, 3.63) is 127 Å². The van der Waals surface area contributed by atoms with Crippen molar-refractivity contribution in [1.82, 2.24) is 10.2 Å². The van der Waals surface area contributed by atoms with Crippen LogP contribution in [0.25, 0.3) is 70.9 Å². The molecular formula is C38H26N2. The summed E-state index contributed by atoms with van der Waals surface area (Å²) in [4.78, 5) is 2.59. The van der Waals surface area contributed by atoms with Crippen molar-refractivity contribution in [2.45, 2.75) is 5.54 Å². The molecule has 0 amide bonds. The van der Waals surface area contributed by atoms with Crippen molar-refractivity contribution < 1.29 is 0 Å². The molecule has 2 unspecified atom stereocenters. The molecule has 6 aromatic rings. The number of hydrogen-bond donors (Lipinski definition) is 1. The van der Waals surface area contributed by atoms with Crippen molar-refractivity contribution in [3.63, 3.8) is 0 Å². The molecule has 188 valence electrons. The van der Waals surface area contributed by atoms with Gasteiger partial charge in [-0.15, -0.1) is 0 Å². The molecule has 10 rings (SSSR count). The molecule has 0 aromatic heterocycles. The van der Waals surface area contributed by atoms with Gasteiger partial charge in [0.25, 0.3) is 0 Å². The zero-order valence-corrected chi connectivity index (χ0v) is 22.0. The largest absolute Gasteiger partial charge is 0.387 e. The summed E-state index contributed by atoms with van der Waals surface area (Å²) in [6.07, 6.45) is 11.5. The van der Waals surface area contributed by atoms with Gasteiger partial charge in [0.05, 0.1) is 5.54 Å². The first-order valence-electron chi connectivity index (χ1n) is 14.3. The Hall–Kier alpha value is -4.66. The van der Waals surface area contributed by atoms with Crippen molar-refractivity contribution in [1.29, 1.82) is 0 Å². The lowest BCUT2D eigenvalue weighted by Crippen LogP contribution is -2.10. The van der Waals surface area contributed by atoms with Crippen LogP contribution in [0.1, 0.15) is 11.1 Å². The van der Waals surface area contributed by atoms with Crippen LogP contribution in [0.2, 0.25) is 0 Å². The Kier molecular flexibility index (Phi) is 3.87. The van der Waals surface area contributed by atoms with E-state index in [0.717, 1.165) is 19.6 Å². The first-order chi connectivity index (χ1) is 19.8. The van der Waals surface area contributed by atoms with E-state index >= 15 is 0 Å². The molecule has 40 heavy (non-hydrogen) atoms. The molecule has 1 saturated heterocycles. The molecule has 1 fully saturated rings. The lowest BCUT2D eigenvalue weighted by atomic mass is 9.84. The van der Waals surface area contributed by atoms with Crippen LogP contribution in [-0.4, -0.2) is 24.5 Å². The molecule has 0 spiro atoms. The lowest BCUT2D eigenvalue weighted by molar-refractivity contribution is 0.542. The second-order valence-corrected chi connectivity index (χ2v) is 11.8. The summed E-state index contributed by atoms with van der Waals surface area (Å²) < 4.78 is 0. The number of rotatable bonds is 2. The fraction of sp³-hybridized carbons (Fsp3) is 0.105. The minimum absolute atomic E-state index is 0.0243. The molecule has 2 nitrogen and oxygen atoms in total. The van der Waals surface area contributed by atoms with E-state index in [1.807, 2.05) is 0 Å². The van der Waals surface area contributed by atoms with E-state index in [1.165, 1.54) is 82.0 Å². The summed E-state index contributed by atoms with van der Waals surface area (Å²) in [5.41, 5.74) is 9.46. The van der Waals surface area contributed by atoms with Gasteiger partial charge in [-0.2, -0.15) is 0 Å². The van der Waals surface area contributed by atoms with Gasteiger partial charge in [0, 0.05) is 25.8 Å². The van der Waals surface area contributed by atoms with E-state index in [0.29, 0.717) is 0 Å². The predicted molar refractivity (Wildman–Crippen MR) is 168 cm³/mol. The fourth-order valence-corrected chi connectivity index (χ4v) is 7.88. The molecule has 1 N–H and O–H groups in total. The molecule has 6 aromatic carbocycles. The highest BCUT2D eigenvalue weighted by atomic mass is 15.4. The smallest absolute Gasteiger partial charge is 0.0785 e. The second kappa shape index (κ2) is 7.29. The maximum absolute atomic E-state index is 3.43. The normalized spacial score (nSPS) is 21.7. The number of nitrogens with zero attached hydrogens (tertiary/aromatic N) is 1. The van der Waals surface area contributed by atoms with Crippen LogP contribution in [0.4, 0.5) is 0 Å². The van der Waals surface area contributed by atoms with Gasteiger partial charge in [0.15, 0.2) is 0 Å². The quantitative estimate of drug-likeness (QED) is 0.142. The van der Waals surface area contributed by atoms with Gasteiger partial charge in [-0.25, -0.2) is 0 Å². The molecule has 0 bridgehead atoms. The van der Waals surface area contributed by atoms with Gasteiger partial charge >= 0.3 is 0 Å². The van der Waals surface area contributed by atoms with Crippen LogP contribution in [0, 0.1) is 0 Å². The predicted octanol–water partition coefficient (Wildman–Crippen LogP) is 8.53. The van der Waals surface area contributed by atoms with E-state index in [2.05, 4.69) is 126 Å². The molecule has 2 heteroatoms. The lowest BCUT2D eigenvalue weighted by Gasteiger charge is -2.20. The fourth-order valence-electron chi connectivity index (χ4n) is 7.88. The van der Waals surface area contributed by atoms with Crippen LogP contribution < -0.4 is 5.32 Å². The third kappa shape index (κ3) is 2.58. The average Bonchev–Trinajstić information content (AvgIpc) is 3.42. The van der Waals surface area contributed by atoms with E-state index in [4.69, 9.17) is 0 Å². The van der Waals surface area contributed by atoms with Crippen LogP contribution in [-0.2, 0) is 5.54 Å². The number of dihydropyridines is 1. The number of fused-ring (bicyclic) bond motifs is 9. The van der Waals surface area contributed by atoms with E-state index in [9.17, 15) is 0 Å². The highest BCUT2D eigenvalue weighted by Crippen LogP contribution is 2.54. The highest BCUT2D eigenvalue weighted by Gasteiger charge is 2.54. The highest BCUT2D eigenvalue weighted by molar-refractivity contribution is 6.24. The van der Waals surface area contributed by atoms with Gasteiger partial charge < -0.3 is 5.32 Å². The summed E-state index contributed by atoms with van der Waals surface area (Å²) in [6, 6.07) is 32.5. The Labute approximate surface area is 232 Å². The van der Waals surface area contributed by atoms with Crippen molar-refractivity contribution >= 4 is 48.7 Å². The Morgan fingerprint density at radius 1 is 0.625 bits per heavy atom. The van der Waals surface area contributed by atoms with Crippen LogP contribution in [0.15, 0.2) is 115 Å². The van der Waals surface area contributed by atoms with Crippen LogP contribution in [0.3, 0.4) is 0 Å². The Morgan fingerprint density at radius 3 is 2.08 bits per heavy atom. The SMILES string of the molecule is C1=CC(c2cc3c4cc5c(cc4c(C46C=CCN4C6)cc3c3ccccc23)-c2cccc3cccc-5c23)=CNC1. The molecule has 0 radical (unpaired) electrons. The minimum atomic E-state index is 0.0243.